The van der Waals surface area contributed by atoms with Gasteiger partial charge >= 0.3 is 6.18 Å². The van der Waals surface area contributed by atoms with Crippen LogP contribution in [0.4, 0.5) is 13.2 Å². The monoisotopic (exact) mass is 287 g/mol. The summed E-state index contributed by atoms with van der Waals surface area (Å²) >= 11 is 1.29. The Balaban J connectivity index is 2.24. The lowest BCUT2D eigenvalue weighted by molar-refractivity contribution is -0.137. The zero-order chi connectivity index (χ0) is 13.9. The Labute approximate surface area is 112 Å². The van der Waals surface area contributed by atoms with Crippen LogP contribution < -0.4 is 5.32 Å². The fraction of sp³-hybridized carbons (Fsp3) is 0.333. The van der Waals surface area contributed by atoms with Crippen molar-refractivity contribution in [1.82, 2.24) is 15.5 Å². The highest BCUT2D eigenvalue weighted by Gasteiger charge is 2.30. The fourth-order valence-corrected chi connectivity index (χ4v) is 2.31. The zero-order valence-electron chi connectivity index (χ0n) is 10.2. The maximum atomic E-state index is 12.6. The summed E-state index contributed by atoms with van der Waals surface area (Å²) in [6, 6.07) is 5.12. The van der Waals surface area contributed by atoms with Crippen LogP contribution in [0, 0.1) is 0 Å². The van der Waals surface area contributed by atoms with Crippen LogP contribution >= 0.6 is 11.3 Å². The summed E-state index contributed by atoms with van der Waals surface area (Å²) < 4.78 is 37.8. The highest BCUT2D eigenvalue weighted by Crippen LogP contribution is 2.32. The van der Waals surface area contributed by atoms with Gasteiger partial charge in [0.1, 0.15) is 10.0 Å². The molecule has 19 heavy (non-hydrogen) atoms. The molecule has 2 rings (SSSR count). The van der Waals surface area contributed by atoms with Crippen molar-refractivity contribution in [2.24, 2.45) is 0 Å². The van der Waals surface area contributed by atoms with Crippen molar-refractivity contribution in [3.05, 3.63) is 34.8 Å². The summed E-state index contributed by atoms with van der Waals surface area (Å²) in [6.07, 6.45) is -4.34. The zero-order valence-corrected chi connectivity index (χ0v) is 11.0. The summed E-state index contributed by atoms with van der Waals surface area (Å²) in [7, 11) is 0. The van der Waals surface area contributed by atoms with Gasteiger partial charge in [0.25, 0.3) is 0 Å². The molecule has 0 saturated heterocycles. The molecule has 1 N–H and O–H groups in total. The number of aromatic nitrogens is 2. The largest absolute Gasteiger partial charge is 0.416 e. The Kier molecular flexibility index (Phi) is 4.16. The molecule has 2 aromatic rings. The predicted molar refractivity (Wildman–Crippen MR) is 67.7 cm³/mol. The first kappa shape index (κ1) is 14.0. The van der Waals surface area contributed by atoms with Crippen LogP contribution in [0.1, 0.15) is 17.5 Å². The van der Waals surface area contributed by atoms with Crippen molar-refractivity contribution in [2.75, 3.05) is 6.54 Å². The third kappa shape index (κ3) is 3.51. The normalized spacial score (nSPS) is 11.8. The van der Waals surface area contributed by atoms with Gasteiger partial charge in [-0.2, -0.15) is 13.2 Å². The van der Waals surface area contributed by atoms with E-state index < -0.39 is 11.7 Å². The van der Waals surface area contributed by atoms with E-state index in [0.29, 0.717) is 17.1 Å². The fourth-order valence-electron chi connectivity index (χ4n) is 1.50. The summed E-state index contributed by atoms with van der Waals surface area (Å²) in [5.41, 5.74) is -0.233. The molecule has 0 amide bonds. The van der Waals surface area contributed by atoms with Crippen molar-refractivity contribution >= 4 is 11.3 Å². The Bertz CT molecular complexity index is 551. The van der Waals surface area contributed by atoms with Crippen molar-refractivity contribution in [3.63, 3.8) is 0 Å². The quantitative estimate of drug-likeness (QED) is 0.937. The van der Waals surface area contributed by atoms with Crippen LogP contribution in [0.25, 0.3) is 10.6 Å². The van der Waals surface area contributed by atoms with Crippen molar-refractivity contribution in [2.45, 2.75) is 19.6 Å². The lowest BCUT2D eigenvalue weighted by Crippen LogP contribution is -2.11. The van der Waals surface area contributed by atoms with Gasteiger partial charge < -0.3 is 5.32 Å². The van der Waals surface area contributed by atoms with E-state index in [2.05, 4.69) is 15.5 Å². The second kappa shape index (κ2) is 5.66. The molecular formula is C12H12F3N3S. The molecule has 0 unspecified atom stereocenters. The minimum atomic E-state index is -4.34. The van der Waals surface area contributed by atoms with Gasteiger partial charge in [-0.1, -0.05) is 30.4 Å². The molecule has 0 spiro atoms. The Morgan fingerprint density at radius 3 is 2.74 bits per heavy atom. The van der Waals surface area contributed by atoms with E-state index >= 15 is 0 Å². The highest BCUT2D eigenvalue weighted by atomic mass is 32.1. The smallest absolute Gasteiger partial charge is 0.311 e. The number of hydrogen-bond acceptors (Lipinski definition) is 4. The van der Waals surface area contributed by atoms with E-state index in [-0.39, 0.29) is 0 Å². The molecule has 0 fully saturated rings. The second-order valence-electron chi connectivity index (χ2n) is 3.86. The molecule has 0 radical (unpaired) electrons. The van der Waals surface area contributed by atoms with Crippen molar-refractivity contribution in [3.8, 4) is 10.6 Å². The van der Waals surface area contributed by atoms with E-state index in [4.69, 9.17) is 0 Å². The summed E-state index contributed by atoms with van der Waals surface area (Å²) in [4.78, 5) is 0. The summed E-state index contributed by atoms with van der Waals surface area (Å²) in [6.45, 7) is 3.35. The van der Waals surface area contributed by atoms with Gasteiger partial charge in [-0.25, -0.2) is 0 Å². The van der Waals surface area contributed by atoms with E-state index in [1.165, 1.54) is 17.4 Å². The molecule has 1 aromatic heterocycles. The number of halogens is 3. The Morgan fingerprint density at radius 1 is 1.26 bits per heavy atom. The SMILES string of the molecule is CCNCc1nnc(-c2cccc(C(F)(F)F)c2)s1. The molecule has 1 heterocycles. The standard InChI is InChI=1S/C12H12F3N3S/c1-2-16-7-10-17-18-11(19-10)8-4-3-5-9(6-8)12(13,14)15/h3-6,16H,2,7H2,1H3. The summed E-state index contributed by atoms with van der Waals surface area (Å²) in [5, 5.41) is 12.2. The van der Waals surface area contributed by atoms with Crippen molar-refractivity contribution < 1.29 is 13.2 Å². The van der Waals surface area contributed by atoms with E-state index in [0.717, 1.165) is 23.7 Å². The minimum Gasteiger partial charge on any atom is -0.311 e. The molecule has 0 bridgehead atoms. The lowest BCUT2D eigenvalue weighted by atomic mass is 10.1. The van der Waals surface area contributed by atoms with Crippen LogP contribution in [-0.4, -0.2) is 16.7 Å². The Hall–Kier alpha value is -1.47. The molecular weight excluding hydrogens is 275 g/mol. The van der Waals surface area contributed by atoms with Crippen LogP contribution in [0.15, 0.2) is 24.3 Å². The first-order valence-electron chi connectivity index (χ1n) is 5.71. The van der Waals surface area contributed by atoms with Crippen LogP contribution in [0.2, 0.25) is 0 Å². The molecule has 3 nitrogen and oxygen atoms in total. The molecule has 0 saturated carbocycles. The number of hydrogen-bond donors (Lipinski definition) is 1. The van der Waals surface area contributed by atoms with Gasteiger partial charge in [0, 0.05) is 12.1 Å². The molecule has 0 aliphatic rings. The number of nitrogens with zero attached hydrogens (tertiary/aromatic N) is 2. The third-order valence-electron chi connectivity index (χ3n) is 2.43. The molecule has 102 valence electrons. The molecule has 0 aliphatic carbocycles. The number of alkyl halides is 3. The lowest BCUT2D eigenvalue weighted by Gasteiger charge is -2.06. The van der Waals surface area contributed by atoms with Crippen LogP contribution in [0.3, 0.4) is 0 Å². The average molecular weight is 287 g/mol. The van der Waals surface area contributed by atoms with Crippen LogP contribution in [0.5, 0.6) is 0 Å². The molecule has 0 atom stereocenters. The van der Waals surface area contributed by atoms with Gasteiger partial charge in [-0.3, -0.25) is 0 Å². The first-order chi connectivity index (χ1) is 9.00. The van der Waals surface area contributed by atoms with Gasteiger partial charge in [-0.15, -0.1) is 10.2 Å². The third-order valence-corrected chi connectivity index (χ3v) is 3.40. The minimum absolute atomic E-state index is 0.440. The number of nitrogens with one attached hydrogen (secondary N) is 1. The molecule has 7 heteroatoms. The molecule has 1 aromatic carbocycles. The number of benzene rings is 1. The van der Waals surface area contributed by atoms with Gasteiger partial charge in [0.2, 0.25) is 0 Å². The average Bonchev–Trinajstić information content (AvgIpc) is 2.84. The second-order valence-corrected chi connectivity index (χ2v) is 4.92. The highest BCUT2D eigenvalue weighted by molar-refractivity contribution is 7.14. The van der Waals surface area contributed by atoms with Crippen LogP contribution in [-0.2, 0) is 12.7 Å². The van der Waals surface area contributed by atoms with Gasteiger partial charge in [0.05, 0.1) is 5.56 Å². The van der Waals surface area contributed by atoms with Gasteiger partial charge in [-0.05, 0) is 18.7 Å². The topological polar surface area (TPSA) is 37.8 Å². The van der Waals surface area contributed by atoms with Crippen molar-refractivity contribution in [1.29, 1.82) is 0 Å². The number of rotatable bonds is 4. The van der Waals surface area contributed by atoms with Gasteiger partial charge in [0.15, 0.2) is 0 Å². The maximum Gasteiger partial charge on any atom is 0.416 e. The summed E-state index contributed by atoms with van der Waals surface area (Å²) in [5.74, 6) is 0. The maximum absolute atomic E-state index is 12.6. The van der Waals surface area contributed by atoms with E-state index in [9.17, 15) is 13.2 Å². The predicted octanol–water partition coefficient (Wildman–Crippen LogP) is 3.33. The van der Waals surface area contributed by atoms with E-state index in [1.807, 2.05) is 6.92 Å². The molecule has 0 aliphatic heterocycles. The Morgan fingerprint density at radius 2 is 2.05 bits per heavy atom. The van der Waals surface area contributed by atoms with E-state index in [1.54, 1.807) is 6.07 Å². The first-order valence-corrected chi connectivity index (χ1v) is 6.53.